The van der Waals surface area contributed by atoms with Crippen LogP contribution in [-0.4, -0.2) is 19.6 Å². The molecule has 0 aliphatic carbocycles. The number of hydrogen-bond donors (Lipinski definition) is 4. The predicted octanol–water partition coefficient (Wildman–Crippen LogP) is 6.17. The molecule has 0 spiro atoms. The molecule has 0 saturated carbocycles. The van der Waals surface area contributed by atoms with Crippen molar-refractivity contribution in [3.63, 3.8) is 0 Å². The average molecular weight is 486 g/mol. The van der Waals surface area contributed by atoms with E-state index in [1.54, 1.807) is 24.3 Å². The monoisotopic (exact) mass is 486 g/mol. The molecule has 0 radical (unpaired) electrons. The van der Waals surface area contributed by atoms with Gasteiger partial charge in [0, 0.05) is 0 Å². The Morgan fingerprint density at radius 3 is 1.09 bits per heavy atom. The van der Waals surface area contributed by atoms with Crippen LogP contribution in [0.4, 0.5) is 0 Å². The van der Waals surface area contributed by atoms with E-state index in [1.807, 2.05) is 13.8 Å². The molecule has 178 valence electrons. The van der Waals surface area contributed by atoms with E-state index in [9.17, 15) is 9.13 Å². The van der Waals surface area contributed by atoms with Crippen LogP contribution in [0.15, 0.2) is 48.5 Å². The molecule has 0 atom stereocenters. The molecular formula is C22H32O8P2. The van der Waals surface area contributed by atoms with Gasteiger partial charge in [0.25, 0.3) is 0 Å². The molecule has 2 rings (SSSR count). The van der Waals surface area contributed by atoms with Gasteiger partial charge in [0.2, 0.25) is 0 Å². The van der Waals surface area contributed by atoms with Crippen LogP contribution in [0.3, 0.4) is 0 Å². The van der Waals surface area contributed by atoms with E-state index in [-0.39, 0.29) is 11.5 Å². The van der Waals surface area contributed by atoms with E-state index < -0.39 is 15.6 Å². The van der Waals surface area contributed by atoms with Crippen LogP contribution in [-0.2, 0) is 9.13 Å². The SMILES string of the molecule is CC/C(=C(/CC)c1ccc(OP(=O)(O)O)cc1)c1ccc(OP(=O)(O)O)cc1.CCCC. The van der Waals surface area contributed by atoms with Gasteiger partial charge in [0.1, 0.15) is 11.5 Å². The highest BCUT2D eigenvalue weighted by Gasteiger charge is 2.17. The fourth-order valence-electron chi connectivity index (χ4n) is 2.89. The minimum atomic E-state index is -4.61. The Labute approximate surface area is 189 Å². The van der Waals surface area contributed by atoms with Gasteiger partial charge >= 0.3 is 15.6 Å². The van der Waals surface area contributed by atoms with Gasteiger partial charge < -0.3 is 9.05 Å². The highest BCUT2D eigenvalue weighted by Crippen LogP contribution is 2.40. The van der Waals surface area contributed by atoms with Crippen molar-refractivity contribution >= 4 is 26.8 Å². The highest BCUT2D eigenvalue weighted by atomic mass is 31.2. The third-order valence-corrected chi connectivity index (χ3v) is 5.32. The Morgan fingerprint density at radius 1 is 0.625 bits per heavy atom. The first-order valence-electron chi connectivity index (χ1n) is 10.4. The minimum Gasteiger partial charge on any atom is -0.404 e. The predicted molar refractivity (Wildman–Crippen MR) is 126 cm³/mol. The number of phosphoric ester groups is 2. The summed E-state index contributed by atoms with van der Waals surface area (Å²) in [4.78, 5) is 35.5. The summed E-state index contributed by atoms with van der Waals surface area (Å²) in [5.41, 5.74) is 3.84. The first kappa shape index (κ1) is 28.1. The van der Waals surface area contributed by atoms with Crippen molar-refractivity contribution in [2.24, 2.45) is 0 Å². The van der Waals surface area contributed by atoms with Crippen LogP contribution in [0.25, 0.3) is 11.1 Å². The lowest BCUT2D eigenvalue weighted by Gasteiger charge is -2.15. The molecular weight excluding hydrogens is 454 g/mol. The summed E-state index contributed by atoms with van der Waals surface area (Å²) in [5, 5.41) is 0. The molecule has 0 saturated heterocycles. The van der Waals surface area contributed by atoms with Gasteiger partial charge in [-0.15, -0.1) is 0 Å². The summed E-state index contributed by atoms with van der Waals surface area (Å²) in [6.07, 6.45) is 4.06. The Hall–Kier alpha value is -1.92. The van der Waals surface area contributed by atoms with Crippen molar-refractivity contribution in [3.05, 3.63) is 59.7 Å². The van der Waals surface area contributed by atoms with E-state index in [2.05, 4.69) is 22.9 Å². The lowest BCUT2D eigenvalue weighted by Crippen LogP contribution is -1.94. The Balaban J connectivity index is 0.00000118. The molecule has 0 unspecified atom stereocenters. The summed E-state index contributed by atoms with van der Waals surface area (Å²) in [6.45, 7) is 8.35. The smallest absolute Gasteiger partial charge is 0.404 e. The van der Waals surface area contributed by atoms with E-state index in [1.165, 1.54) is 37.1 Å². The minimum absolute atomic E-state index is 0.0736. The lowest BCUT2D eigenvalue weighted by atomic mass is 9.91. The Kier molecular flexibility index (Phi) is 11.4. The molecule has 4 N–H and O–H groups in total. The third kappa shape index (κ3) is 10.1. The largest absolute Gasteiger partial charge is 0.524 e. The summed E-state index contributed by atoms with van der Waals surface area (Å²) in [7, 11) is -9.21. The molecule has 10 heteroatoms. The highest BCUT2D eigenvalue weighted by molar-refractivity contribution is 7.47. The van der Waals surface area contributed by atoms with Crippen molar-refractivity contribution in [2.75, 3.05) is 0 Å². The van der Waals surface area contributed by atoms with E-state index in [4.69, 9.17) is 19.6 Å². The van der Waals surface area contributed by atoms with Crippen LogP contribution in [0, 0.1) is 0 Å². The van der Waals surface area contributed by atoms with Crippen molar-refractivity contribution in [1.29, 1.82) is 0 Å². The normalized spacial score (nSPS) is 12.4. The molecule has 2 aromatic carbocycles. The maximum absolute atomic E-state index is 10.9. The van der Waals surface area contributed by atoms with Gasteiger partial charge in [0.15, 0.2) is 0 Å². The number of unbranched alkanes of at least 4 members (excludes halogenated alkanes) is 1. The zero-order chi connectivity index (χ0) is 24.4. The van der Waals surface area contributed by atoms with Crippen LogP contribution in [0.2, 0.25) is 0 Å². The van der Waals surface area contributed by atoms with Gasteiger partial charge in [-0.2, -0.15) is 0 Å². The Bertz CT molecular complexity index is 877. The molecule has 32 heavy (non-hydrogen) atoms. The second-order valence-electron chi connectivity index (χ2n) is 6.88. The maximum atomic E-state index is 10.9. The molecule has 2 aromatic rings. The molecule has 0 fully saturated rings. The summed E-state index contributed by atoms with van der Waals surface area (Å²) in [6, 6.07) is 12.9. The molecule has 0 aromatic heterocycles. The molecule has 0 aliphatic rings. The molecule has 0 aliphatic heterocycles. The zero-order valence-electron chi connectivity index (χ0n) is 18.8. The topological polar surface area (TPSA) is 134 Å². The first-order chi connectivity index (χ1) is 14.9. The standard InChI is InChI=1S/C18H22O8P2.C4H10/c1-3-17(13-5-9-15(10-6-13)25-27(19,20)21)18(4-2)14-7-11-16(12-8-14)26-28(22,23)24;1-3-4-2/h5-12H,3-4H2,1-2H3,(H2,19,20,21)(H2,22,23,24);3-4H2,1-2H3/b18-17+;. The number of benzene rings is 2. The summed E-state index contributed by atoms with van der Waals surface area (Å²) < 4.78 is 31.0. The molecule has 0 bridgehead atoms. The van der Waals surface area contributed by atoms with Crippen molar-refractivity contribution in [2.45, 2.75) is 53.4 Å². The molecule has 0 amide bonds. The fourth-order valence-corrected chi connectivity index (χ4v) is 3.68. The van der Waals surface area contributed by atoms with E-state index in [0.717, 1.165) is 22.3 Å². The second-order valence-corrected chi connectivity index (χ2v) is 9.20. The fraction of sp³-hybridized carbons (Fsp3) is 0.364. The number of hydrogen-bond acceptors (Lipinski definition) is 4. The first-order valence-corrected chi connectivity index (χ1v) is 13.4. The van der Waals surface area contributed by atoms with Crippen LogP contribution >= 0.6 is 15.6 Å². The second kappa shape index (κ2) is 12.9. The summed E-state index contributed by atoms with van der Waals surface area (Å²) >= 11 is 0. The number of allylic oxidation sites excluding steroid dienone is 2. The quantitative estimate of drug-likeness (QED) is 0.244. The van der Waals surface area contributed by atoms with Crippen molar-refractivity contribution in [3.8, 4) is 11.5 Å². The third-order valence-electron chi connectivity index (χ3n) is 4.43. The maximum Gasteiger partial charge on any atom is 0.524 e. The Morgan fingerprint density at radius 2 is 0.906 bits per heavy atom. The van der Waals surface area contributed by atoms with E-state index in [0.29, 0.717) is 12.8 Å². The zero-order valence-corrected chi connectivity index (χ0v) is 20.6. The molecule has 8 nitrogen and oxygen atoms in total. The van der Waals surface area contributed by atoms with Gasteiger partial charge in [-0.05, 0) is 59.4 Å². The van der Waals surface area contributed by atoms with Crippen LogP contribution < -0.4 is 9.05 Å². The van der Waals surface area contributed by atoms with Gasteiger partial charge in [-0.1, -0.05) is 64.8 Å². The van der Waals surface area contributed by atoms with Gasteiger partial charge in [0.05, 0.1) is 0 Å². The van der Waals surface area contributed by atoms with Crippen LogP contribution in [0.5, 0.6) is 11.5 Å². The average Bonchev–Trinajstić information content (AvgIpc) is 2.71. The van der Waals surface area contributed by atoms with Gasteiger partial charge in [-0.25, -0.2) is 9.13 Å². The number of phosphoric acid groups is 2. The van der Waals surface area contributed by atoms with E-state index >= 15 is 0 Å². The lowest BCUT2D eigenvalue weighted by molar-refractivity contribution is 0.281. The molecule has 0 heterocycles. The number of rotatable bonds is 9. The summed E-state index contributed by atoms with van der Waals surface area (Å²) in [5.74, 6) is 0.147. The van der Waals surface area contributed by atoms with Crippen LogP contribution in [0.1, 0.15) is 64.5 Å². The van der Waals surface area contributed by atoms with Crippen molar-refractivity contribution in [1.82, 2.24) is 0 Å². The van der Waals surface area contributed by atoms with Crippen molar-refractivity contribution < 1.29 is 37.8 Å². The van der Waals surface area contributed by atoms with Gasteiger partial charge in [-0.3, -0.25) is 19.6 Å².